The first-order valence-electron chi connectivity index (χ1n) is 14.7. The summed E-state index contributed by atoms with van der Waals surface area (Å²) in [6, 6.07) is 17.8. The number of aliphatic hydroxyl groups is 1. The third-order valence-electron chi connectivity index (χ3n) is 7.40. The molecular formula is C32H41N5O5S. The molecule has 230 valence electrons. The number of nitrogens with zero attached hydrogens (tertiary/aromatic N) is 2. The van der Waals surface area contributed by atoms with Crippen LogP contribution in [0.1, 0.15) is 42.7 Å². The number of hydrogen-bond acceptors (Lipinski definition) is 7. The van der Waals surface area contributed by atoms with Crippen LogP contribution in [0.25, 0.3) is 0 Å². The molecular weight excluding hydrogens is 566 g/mol. The Hall–Kier alpha value is -3.96. The molecule has 1 fully saturated rings. The maximum Gasteiger partial charge on any atom is 0.407 e. The molecule has 4 rings (SSSR count). The third kappa shape index (κ3) is 9.79. The molecule has 4 amide bonds. The minimum atomic E-state index is -1.08. The van der Waals surface area contributed by atoms with E-state index in [4.69, 9.17) is 4.74 Å². The first-order valence-corrected chi connectivity index (χ1v) is 15.6. The number of nitrogens with one attached hydrogen (secondary N) is 3. The summed E-state index contributed by atoms with van der Waals surface area (Å²) in [5, 5.41) is 20.2. The first kappa shape index (κ1) is 32.0. The van der Waals surface area contributed by atoms with Crippen LogP contribution in [-0.2, 0) is 28.9 Å². The molecule has 3 aromatic rings. The van der Waals surface area contributed by atoms with Crippen LogP contribution in [0.2, 0.25) is 0 Å². The first-order chi connectivity index (χ1) is 20.8. The van der Waals surface area contributed by atoms with Gasteiger partial charge in [0.05, 0.1) is 18.2 Å². The van der Waals surface area contributed by atoms with Crippen LogP contribution in [-0.4, -0.2) is 70.4 Å². The van der Waals surface area contributed by atoms with E-state index >= 15 is 0 Å². The summed E-state index contributed by atoms with van der Waals surface area (Å²) in [6.45, 7) is 5.19. The molecule has 2 aromatic carbocycles. The lowest BCUT2D eigenvalue weighted by Crippen LogP contribution is -2.59. The molecule has 11 heteroatoms. The number of ether oxygens (including phenoxy) is 1. The van der Waals surface area contributed by atoms with Crippen molar-refractivity contribution >= 4 is 29.4 Å². The van der Waals surface area contributed by atoms with Crippen molar-refractivity contribution in [1.29, 1.82) is 0 Å². The van der Waals surface area contributed by atoms with E-state index in [-0.39, 0.29) is 30.8 Å². The smallest absolute Gasteiger partial charge is 0.407 e. The second-order valence-corrected chi connectivity index (χ2v) is 12.1. The molecule has 0 unspecified atom stereocenters. The fourth-order valence-electron chi connectivity index (χ4n) is 5.31. The zero-order valence-corrected chi connectivity index (χ0v) is 25.5. The van der Waals surface area contributed by atoms with Crippen molar-refractivity contribution in [1.82, 2.24) is 25.8 Å². The number of urea groups is 1. The van der Waals surface area contributed by atoms with Gasteiger partial charge in [0.25, 0.3) is 0 Å². The highest BCUT2D eigenvalue weighted by Gasteiger charge is 2.35. The SMILES string of the molecule is CC(C)[C@@H](C(=O)N[C@@H](Cc1ccccc1)C[C@@H](O)[C@H](Cc1ccccc1)OC(=O)NCc1cncs1)N1CCCNC1=O. The average Bonchev–Trinajstić information content (AvgIpc) is 3.52. The Morgan fingerprint density at radius 2 is 1.74 bits per heavy atom. The van der Waals surface area contributed by atoms with Gasteiger partial charge < -0.3 is 30.7 Å². The van der Waals surface area contributed by atoms with E-state index < -0.39 is 30.4 Å². The van der Waals surface area contributed by atoms with E-state index in [1.165, 1.54) is 11.3 Å². The van der Waals surface area contributed by atoms with Gasteiger partial charge in [0, 0.05) is 36.6 Å². The Morgan fingerprint density at radius 1 is 1.07 bits per heavy atom. The lowest BCUT2D eigenvalue weighted by Gasteiger charge is -2.37. The number of hydrogen-bond donors (Lipinski definition) is 4. The summed E-state index contributed by atoms with van der Waals surface area (Å²) in [7, 11) is 0. The zero-order valence-electron chi connectivity index (χ0n) is 24.6. The molecule has 1 aromatic heterocycles. The number of carbonyl (C=O) groups is 3. The molecule has 0 aliphatic carbocycles. The quantitative estimate of drug-likeness (QED) is 0.220. The van der Waals surface area contributed by atoms with Gasteiger partial charge >= 0.3 is 12.1 Å². The summed E-state index contributed by atoms with van der Waals surface area (Å²) in [4.78, 5) is 45.7. The van der Waals surface area contributed by atoms with Crippen molar-refractivity contribution in [3.8, 4) is 0 Å². The van der Waals surface area contributed by atoms with Crippen LogP contribution in [0.4, 0.5) is 9.59 Å². The molecule has 1 aliphatic rings. The maximum absolute atomic E-state index is 13.7. The normalized spacial score (nSPS) is 16.1. The standard InChI is InChI=1S/C32H41N5O5S/c1-22(2)29(37-15-9-14-34-31(37)40)30(39)36-25(16-23-10-5-3-6-11-23)18-27(38)28(17-24-12-7-4-8-13-24)42-32(41)35-20-26-19-33-21-43-26/h3-8,10-13,19,21-22,25,27-29,38H,9,14-18,20H2,1-2H3,(H,34,40)(H,35,41)(H,36,39)/t25-,27+,28-,29-/m0/s1. The number of thiazole rings is 1. The van der Waals surface area contributed by atoms with Gasteiger partial charge in [-0.25, -0.2) is 9.59 Å². The second-order valence-electron chi connectivity index (χ2n) is 11.1. The molecule has 0 saturated carbocycles. The minimum Gasteiger partial charge on any atom is -0.443 e. The summed E-state index contributed by atoms with van der Waals surface area (Å²) < 4.78 is 5.78. The molecule has 2 heterocycles. The van der Waals surface area contributed by atoms with Crippen LogP contribution in [0.15, 0.2) is 72.4 Å². The third-order valence-corrected chi connectivity index (χ3v) is 8.18. The maximum atomic E-state index is 13.7. The minimum absolute atomic E-state index is 0.123. The predicted molar refractivity (Wildman–Crippen MR) is 165 cm³/mol. The van der Waals surface area contributed by atoms with Gasteiger partial charge in [0.15, 0.2) is 0 Å². The van der Waals surface area contributed by atoms with Gasteiger partial charge in [0.1, 0.15) is 12.1 Å². The van der Waals surface area contributed by atoms with Gasteiger partial charge in [0.2, 0.25) is 5.91 Å². The highest BCUT2D eigenvalue weighted by molar-refractivity contribution is 7.09. The van der Waals surface area contributed by atoms with E-state index in [9.17, 15) is 19.5 Å². The Morgan fingerprint density at radius 3 is 2.35 bits per heavy atom. The molecule has 1 saturated heterocycles. The lowest BCUT2D eigenvalue weighted by molar-refractivity contribution is -0.128. The Balaban J connectivity index is 1.51. The largest absolute Gasteiger partial charge is 0.443 e. The molecule has 0 spiro atoms. The Kier molecular flexibility index (Phi) is 11.9. The van der Waals surface area contributed by atoms with Gasteiger partial charge in [-0.2, -0.15) is 0 Å². The number of amides is 4. The summed E-state index contributed by atoms with van der Waals surface area (Å²) >= 11 is 1.42. The number of carbonyl (C=O) groups excluding carboxylic acids is 3. The van der Waals surface area contributed by atoms with Crippen LogP contribution < -0.4 is 16.0 Å². The molecule has 10 nitrogen and oxygen atoms in total. The summed E-state index contributed by atoms with van der Waals surface area (Å²) in [5.41, 5.74) is 3.58. The fourth-order valence-corrected chi connectivity index (χ4v) is 5.84. The molecule has 0 radical (unpaired) electrons. The van der Waals surface area contributed by atoms with E-state index in [1.807, 2.05) is 74.5 Å². The van der Waals surface area contributed by atoms with Crippen molar-refractivity contribution < 1.29 is 24.2 Å². The molecule has 0 bridgehead atoms. The van der Waals surface area contributed by atoms with Crippen LogP contribution in [0, 0.1) is 5.92 Å². The van der Waals surface area contributed by atoms with E-state index in [0.717, 1.165) is 22.4 Å². The van der Waals surface area contributed by atoms with Crippen molar-refractivity contribution in [2.24, 2.45) is 5.92 Å². The van der Waals surface area contributed by atoms with Gasteiger partial charge in [-0.3, -0.25) is 9.78 Å². The molecule has 4 N–H and O–H groups in total. The van der Waals surface area contributed by atoms with E-state index in [0.29, 0.717) is 25.9 Å². The van der Waals surface area contributed by atoms with Crippen molar-refractivity contribution in [3.05, 3.63) is 88.4 Å². The number of benzene rings is 2. The van der Waals surface area contributed by atoms with E-state index in [1.54, 1.807) is 16.6 Å². The number of alkyl carbamates (subject to hydrolysis) is 1. The van der Waals surface area contributed by atoms with Gasteiger partial charge in [-0.05, 0) is 36.3 Å². The Labute approximate surface area is 256 Å². The highest BCUT2D eigenvalue weighted by Crippen LogP contribution is 2.19. The van der Waals surface area contributed by atoms with Crippen molar-refractivity contribution in [3.63, 3.8) is 0 Å². The average molecular weight is 608 g/mol. The number of rotatable bonds is 14. The van der Waals surface area contributed by atoms with Gasteiger partial charge in [-0.1, -0.05) is 74.5 Å². The lowest BCUT2D eigenvalue weighted by atomic mass is 9.94. The highest BCUT2D eigenvalue weighted by atomic mass is 32.1. The summed E-state index contributed by atoms with van der Waals surface area (Å²) in [5.74, 6) is -0.398. The topological polar surface area (TPSA) is 133 Å². The van der Waals surface area contributed by atoms with Crippen LogP contribution in [0.3, 0.4) is 0 Å². The van der Waals surface area contributed by atoms with Crippen molar-refractivity contribution in [2.45, 2.75) is 70.4 Å². The molecule has 4 atom stereocenters. The summed E-state index contributed by atoms with van der Waals surface area (Å²) in [6.07, 6.45) is 0.728. The second kappa shape index (κ2) is 16.0. The molecule has 43 heavy (non-hydrogen) atoms. The zero-order chi connectivity index (χ0) is 30.6. The number of aliphatic hydroxyl groups excluding tert-OH is 1. The monoisotopic (exact) mass is 607 g/mol. The van der Waals surface area contributed by atoms with Gasteiger partial charge in [-0.15, -0.1) is 11.3 Å². The Bertz CT molecular complexity index is 1290. The van der Waals surface area contributed by atoms with Crippen LogP contribution >= 0.6 is 11.3 Å². The molecule has 1 aliphatic heterocycles. The number of aromatic nitrogens is 1. The van der Waals surface area contributed by atoms with Crippen LogP contribution in [0.5, 0.6) is 0 Å². The predicted octanol–water partition coefficient (Wildman–Crippen LogP) is 3.90. The van der Waals surface area contributed by atoms with E-state index in [2.05, 4.69) is 20.9 Å². The fraction of sp³-hybridized carbons (Fsp3) is 0.438. The van der Waals surface area contributed by atoms with Crippen molar-refractivity contribution in [2.75, 3.05) is 13.1 Å².